The Morgan fingerprint density at radius 3 is 1.61 bits per heavy atom. The van der Waals surface area contributed by atoms with E-state index in [-0.39, 0.29) is 45.5 Å². The van der Waals surface area contributed by atoms with Crippen LogP contribution in [0.25, 0.3) is 69.5 Å². The maximum atomic E-state index is 14.3. The molecule has 90 heavy (non-hydrogen) atoms. The molecular weight excluding hydrogens is 1180 g/mol. The number of aryl methyl sites for hydroxylation is 2. The number of carbonyl (C=O) groups excluding carboxylic acids is 4. The van der Waals surface area contributed by atoms with E-state index in [1.54, 1.807) is 60.3 Å². The molecular formula is C73H67FN8O5S3. The molecule has 1 fully saturated rings. The molecule has 0 bridgehead atoms. The van der Waals surface area contributed by atoms with Gasteiger partial charge in [0.15, 0.2) is 23.1 Å². The lowest BCUT2D eigenvalue weighted by atomic mass is 9.75. The molecule has 1 saturated heterocycles. The number of halogens is 1. The summed E-state index contributed by atoms with van der Waals surface area (Å²) in [5.74, 6) is 0.726. The minimum absolute atomic E-state index is 0.0225. The standard InChI is InChI=1S/C23H22FN3OS.C21H20N2OS.C20H18N2O2S.C9H7NO/c24-16-11-15(12-17(13-16)27-9-2-1-3-10-27)22-14-25-23(29-22)20-8-7-18-19(26-20)5-4-6-21(18)28;1-13-5-4-6-14(9-13)19-12-22-20(25-19)16-8-7-15-17(23-16)10-21(2,3)11-18(15)24;1-20(2)9-16-14(17(24)10-20)6-7-15(22-16)19-21-11-18(25-19)12-4-3-5-13(23)8-12;11-9-5-1-4-8-7(9)3-2-6-10-8/h7-8,11-14H,1-6,9-10H2;4-9,12H,10-11H2,1-3H3;3-8,11,23H,9-10H2,1-2H3;1-4,6H,5H2. The third-order valence-corrected chi connectivity index (χ3v) is 19.6. The fraction of sp³-hybridized carbons (Fsp3) is 0.274. The second-order valence-corrected chi connectivity index (χ2v) is 28.0. The van der Waals surface area contributed by atoms with Crippen LogP contribution in [0.3, 0.4) is 0 Å². The first-order valence-corrected chi connectivity index (χ1v) is 32.9. The molecule has 10 aromatic rings. The largest absolute Gasteiger partial charge is 0.508 e. The minimum Gasteiger partial charge on any atom is -0.508 e. The van der Waals surface area contributed by atoms with Crippen molar-refractivity contribution in [2.45, 2.75) is 105 Å². The first-order valence-electron chi connectivity index (χ1n) is 30.4. The van der Waals surface area contributed by atoms with Gasteiger partial charge in [0, 0.05) is 91.5 Å². The zero-order valence-corrected chi connectivity index (χ0v) is 53.3. The number of Topliss-reactive ketones (excluding diaryl/α,β-unsaturated/α-hetero) is 4. The van der Waals surface area contributed by atoms with Gasteiger partial charge >= 0.3 is 0 Å². The van der Waals surface area contributed by atoms with Crippen molar-refractivity contribution < 1.29 is 28.7 Å². The molecule has 1 N–H and O–H groups in total. The van der Waals surface area contributed by atoms with Gasteiger partial charge in [0.05, 0.1) is 54.5 Å². The number of rotatable bonds is 7. The van der Waals surface area contributed by atoms with Crippen LogP contribution in [-0.4, -0.2) is 76.2 Å². The predicted octanol–water partition coefficient (Wildman–Crippen LogP) is 17.3. The Morgan fingerprint density at radius 1 is 0.500 bits per heavy atom. The quantitative estimate of drug-likeness (QED) is 0.159. The fourth-order valence-corrected chi connectivity index (χ4v) is 14.6. The van der Waals surface area contributed by atoms with Gasteiger partial charge in [-0.05, 0) is 164 Å². The number of fused-ring (bicyclic) bond motifs is 4. The summed E-state index contributed by atoms with van der Waals surface area (Å²) in [6, 6.07) is 35.8. The highest BCUT2D eigenvalue weighted by Crippen LogP contribution is 2.40. The first-order chi connectivity index (χ1) is 43.4. The van der Waals surface area contributed by atoms with Gasteiger partial charge in [0.25, 0.3) is 0 Å². The van der Waals surface area contributed by atoms with E-state index in [4.69, 9.17) is 15.0 Å². The number of thiazole rings is 3. The van der Waals surface area contributed by atoms with Gasteiger partial charge in [-0.2, -0.15) is 0 Å². The van der Waals surface area contributed by atoms with Gasteiger partial charge in [0.1, 0.15) is 26.6 Å². The number of hydrogen-bond donors (Lipinski definition) is 1. The SMILES string of the molecule is CC1(C)CC(=O)c2ccc(-c3ncc(-c4cccc(O)c4)s3)nc2C1.Cc1cccc(-c2cnc(-c3ccc4c(n3)CC(C)(C)CC4=O)s2)c1.O=C1CC=Cc2ncccc21.O=C1CCCc2nc(-c3ncc(-c4cc(F)cc(N5CCCCC5)c4)s3)ccc21. The van der Waals surface area contributed by atoms with Gasteiger partial charge < -0.3 is 10.0 Å². The van der Waals surface area contributed by atoms with E-state index in [0.717, 1.165) is 160 Å². The van der Waals surface area contributed by atoms with Gasteiger partial charge in [-0.3, -0.25) is 24.2 Å². The second kappa shape index (κ2) is 26.3. The molecule has 0 atom stereocenters. The van der Waals surface area contributed by atoms with E-state index in [1.807, 2.05) is 72.9 Å². The molecule has 0 amide bonds. The Morgan fingerprint density at radius 2 is 1.04 bits per heavy atom. The Hall–Kier alpha value is -8.90. The van der Waals surface area contributed by atoms with Crippen molar-refractivity contribution in [1.82, 2.24) is 34.9 Å². The van der Waals surface area contributed by atoms with Crippen LogP contribution in [0.4, 0.5) is 10.1 Å². The molecule has 15 rings (SSSR count). The minimum atomic E-state index is -0.219. The summed E-state index contributed by atoms with van der Waals surface area (Å²) < 4.78 is 14.3. The average Bonchev–Trinajstić information content (AvgIpc) is 1.94. The van der Waals surface area contributed by atoms with Crippen molar-refractivity contribution in [3.63, 3.8) is 0 Å². The summed E-state index contributed by atoms with van der Waals surface area (Å²) >= 11 is 4.68. The lowest BCUT2D eigenvalue weighted by Crippen LogP contribution is -2.29. The molecule has 0 unspecified atom stereocenters. The molecule has 0 radical (unpaired) electrons. The van der Waals surface area contributed by atoms with E-state index in [1.165, 1.54) is 40.2 Å². The number of phenolic OH excluding ortho intramolecular Hbond substituents is 1. The van der Waals surface area contributed by atoms with Gasteiger partial charge in [-0.15, -0.1) is 34.0 Å². The number of carbonyl (C=O) groups is 4. The topological polar surface area (TPSA) is 182 Å². The number of piperidine rings is 1. The van der Waals surface area contributed by atoms with Crippen LogP contribution in [0.5, 0.6) is 5.75 Å². The zero-order chi connectivity index (χ0) is 62.7. The zero-order valence-electron chi connectivity index (χ0n) is 50.9. The number of aromatic hydroxyl groups is 1. The third kappa shape index (κ3) is 14.2. The number of aromatic nitrogens is 7. The van der Waals surface area contributed by atoms with Crippen LogP contribution in [-0.2, 0) is 19.3 Å². The first kappa shape index (κ1) is 61.3. The molecule has 5 aliphatic rings. The molecule has 13 nitrogen and oxygen atoms in total. The smallest absolute Gasteiger partial charge is 0.168 e. The van der Waals surface area contributed by atoms with Crippen LogP contribution in [0.1, 0.15) is 149 Å². The summed E-state index contributed by atoms with van der Waals surface area (Å²) in [5, 5.41) is 12.2. The molecule has 454 valence electrons. The molecule has 8 heterocycles. The maximum absolute atomic E-state index is 14.3. The van der Waals surface area contributed by atoms with Crippen LogP contribution < -0.4 is 4.90 Å². The summed E-state index contributed by atoms with van der Waals surface area (Å²) in [5.41, 5.74) is 13.9. The third-order valence-electron chi connectivity index (χ3n) is 16.4. The van der Waals surface area contributed by atoms with Crippen molar-refractivity contribution in [2.24, 2.45) is 10.8 Å². The van der Waals surface area contributed by atoms with Crippen LogP contribution in [0.2, 0.25) is 0 Å². The number of pyridine rings is 4. The van der Waals surface area contributed by atoms with Crippen molar-refractivity contribution in [2.75, 3.05) is 18.0 Å². The van der Waals surface area contributed by atoms with E-state index in [9.17, 15) is 28.7 Å². The van der Waals surface area contributed by atoms with Crippen molar-refractivity contribution in [1.29, 1.82) is 0 Å². The molecule has 7 aromatic heterocycles. The van der Waals surface area contributed by atoms with Crippen LogP contribution >= 0.6 is 34.0 Å². The number of nitrogens with zero attached hydrogens (tertiary/aromatic N) is 8. The Balaban J connectivity index is 0.000000121. The van der Waals surface area contributed by atoms with Gasteiger partial charge in [-0.1, -0.05) is 75.7 Å². The van der Waals surface area contributed by atoms with Crippen molar-refractivity contribution >= 4 is 68.9 Å². The lowest BCUT2D eigenvalue weighted by molar-refractivity contribution is 0.0900. The summed E-state index contributed by atoms with van der Waals surface area (Å²) in [7, 11) is 0. The van der Waals surface area contributed by atoms with E-state index < -0.39 is 0 Å². The maximum Gasteiger partial charge on any atom is 0.168 e. The normalized spacial score (nSPS) is 16.0. The summed E-state index contributed by atoms with van der Waals surface area (Å²) in [6.45, 7) is 12.5. The van der Waals surface area contributed by atoms with Crippen LogP contribution in [0.15, 0.2) is 146 Å². The van der Waals surface area contributed by atoms with Gasteiger partial charge in [-0.25, -0.2) is 34.3 Å². The Bertz CT molecular complexity index is 4260. The molecule has 3 aromatic carbocycles. The number of anilines is 1. The number of phenols is 1. The highest BCUT2D eigenvalue weighted by molar-refractivity contribution is 7.19. The Kier molecular flexibility index (Phi) is 17.9. The number of benzene rings is 3. The second-order valence-electron chi connectivity index (χ2n) is 25.0. The number of hydrogen-bond acceptors (Lipinski definition) is 16. The number of ketones is 4. The molecule has 17 heteroatoms. The van der Waals surface area contributed by atoms with Crippen molar-refractivity contribution in [3.8, 4) is 69.2 Å². The fourth-order valence-electron chi connectivity index (χ4n) is 12.0. The molecule has 1 aliphatic heterocycles. The molecule has 0 spiro atoms. The molecule has 4 aliphatic carbocycles. The van der Waals surface area contributed by atoms with Crippen LogP contribution in [0, 0.1) is 23.6 Å². The number of allylic oxidation sites excluding steroid dienone is 1. The van der Waals surface area contributed by atoms with Crippen molar-refractivity contribution in [3.05, 3.63) is 203 Å². The highest BCUT2D eigenvalue weighted by atomic mass is 32.1. The average molecular weight is 1250 g/mol. The monoisotopic (exact) mass is 1250 g/mol. The summed E-state index contributed by atoms with van der Waals surface area (Å²) in [6.07, 6.45) is 20.1. The van der Waals surface area contributed by atoms with E-state index in [2.05, 4.69) is 89.8 Å². The van der Waals surface area contributed by atoms with Gasteiger partial charge in [0.2, 0.25) is 0 Å². The summed E-state index contributed by atoms with van der Waals surface area (Å²) in [4.78, 5) is 85.0. The predicted molar refractivity (Wildman–Crippen MR) is 357 cm³/mol. The lowest BCUT2D eigenvalue weighted by Gasteiger charge is -2.29. The van der Waals surface area contributed by atoms with E-state index >= 15 is 0 Å². The molecule has 0 saturated carbocycles. The van der Waals surface area contributed by atoms with E-state index in [0.29, 0.717) is 25.7 Å². The highest BCUT2D eigenvalue weighted by Gasteiger charge is 2.34. The Labute approximate surface area is 535 Å².